The molecule has 0 aliphatic heterocycles. The number of halogens is 2. The van der Waals surface area contributed by atoms with Crippen LogP contribution in [0.5, 0.6) is 5.75 Å². The molecule has 3 aromatic rings. The number of anilines is 1. The molecule has 1 aromatic carbocycles. The van der Waals surface area contributed by atoms with Crippen LogP contribution in [0.4, 0.5) is 5.69 Å². The fourth-order valence-corrected chi connectivity index (χ4v) is 3.50. The minimum Gasteiger partial charge on any atom is -0.485 e. The van der Waals surface area contributed by atoms with Gasteiger partial charge in [0.15, 0.2) is 11.4 Å². The normalized spacial score (nSPS) is 11.7. The molecule has 0 radical (unpaired) electrons. The first-order valence-electron chi connectivity index (χ1n) is 7.67. The molecule has 0 atom stereocenters. The van der Waals surface area contributed by atoms with Gasteiger partial charge in [0.25, 0.3) is 0 Å². The Morgan fingerprint density at radius 1 is 1.35 bits per heavy atom. The molecule has 2 heterocycles. The molecule has 26 heavy (non-hydrogen) atoms. The molecule has 138 valence electrons. The largest absolute Gasteiger partial charge is 0.485 e. The van der Waals surface area contributed by atoms with Crippen LogP contribution in [0.25, 0.3) is 5.65 Å². The number of aromatic nitrogens is 2. The SMILES string of the molecule is Cc1nc2c(OCc3cc(N(C)S(C)(=O)=O)ccc3Cl)cccn2c1Br. The van der Waals surface area contributed by atoms with Crippen molar-refractivity contribution >= 4 is 48.9 Å². The van der Waals surface area contributed by atoms with E-state index >= 15 is 0 Å². The second kappa shape index (κ2) is 7.09. The molecule has 0 amide bonds. The molecule has 0 aliphatic rings. The summed E-state index contributed by atoms with van der Waals surface area (Å²) < 4.78 is 33.3. The van der Waals surface area contributed by atoms with Gasteiger partial charge in [-0.1, -0.05) is 11.6 Å². The fraction of sp³-hybridized carbons (Fsp3) is 0.235. The third kappa shape index (κ3) is 3.67. The van der Waals surface area contributed by atoms with E-state index < -0.39 is 10.0 Å². The Hall–Kier alpha value is -1.77. The predicted molar refractivity (Wildman–Crippen MR) is 107 cm³/mol. The first-order valence-corrected chi connectivity index (χ1v) is 10.7. The highest BCUT2D eigenvalue weighted by Crippen LogP contribution is 2.28. The number of sulfonamides is 1. The summed E-state index contributed by atoms with van der Waals surface area (Å²) in [5.74, 6) is 0.610. The van der Waals surface area contributed by atoms with E-state index in [1.807, 2.05) is 29.7 Å². The van der Waals surface area contributed by atoms with Crippen LogP contribution >= 0.6 is 27.5 Å². The van der Waals surface area contributed by atoms with Crippen molar-refractivity contribution in [1.29, 1.82) is 0 Å². The summed E-state index contributed by atoms with van der Waals surface area (Å²) in [6.45, 7) is 2.09. The zero-order valence-corrected chi connectivity index (χ0v) is 17.6. The number of ether oxygens (including phenoxy) is 1. The molecule has 3 rings (SSSR count). The molecule has 2 aromatic heterocycles. The Bertz CT molecular complexity index is 1080. The van der Waals surface area contributed by atoms with Gasteiger partial charge in [-0.05, 0) is 53.2 Å². The standard InChI is InChI=1S/C17H17BrClN3O3S/c1-11-16(18)22-8-4-5-15(17(22)20-11)25-10-12-9-13(6-7-14(12)19)21(2)26(3,23)24/h4-9H,10H2,1-3H3. The molecular formula is C17H17BrClN3O3S. The average Bonchev–Trinajstić information content (AvgIpc) is 2.88. The van der Waals surface area contributed by atoms with E-state index in [1.54, 1.807) is 18.2 Å². The molecule has 0 N–H and O–H groups in total. The summed E-state index contributed by atoms with van der Waals surface area (Å²) in [5, 5.41) is 0.503. The number of pyridine rings is 1. The smallest absolute Gasteiger partial charge is 0.231 e. The number of nitrogens with zero attached hydrogens (tertiary/aromatic N) is 3. The van der Waals surface area contributed by atoms with Crippen LogP contribution in [0.1, 0.15) is 11.3 Å². The molecule has 0 fully saturated rings. The Morgan fingerprint density at radius 3 is 2.77 bits per heavy atom. The van der Waals surface area contributed by atoms with Crippen molar-refractivity contribution in [3.8, 4) is 5.75 Å². The van der Waals surface area contributed by atoms with Gasteiger partial charge in [0, 0.05) is 23.8 Å². The van der Waals surface area contributed by atoms with Gasteiger partial charge in [-0.2, -0.15) is 0 Å². The van der Waals surface area contributed by atoms with Crippen molar-refractivity contribution in [3.63, 3.8) is 0 Å². The number of rotatable bonds is 5. The summed E-state index contributed by atoms with van der Waals surface area (Å²) in [4.78, 5) is 4.50. The molecule has 0 bridgehead atoms. The molecule has 6 nitrogen and oxygen atoms in total. The quantitative estimate of drug-likeness (QED) is 0.579. The van der Waals surface area contributed by atoms with E-state index in [0.717, 1.165) is 16.6 Å². The van der Waals surface area contributed by atoms with Gasteiger partial charge in [0.05, 0.1) is 17.6 Å². The van der Waals surface area contributed by atoms with Gasteiger partial charge in [-0.15, -0.1) is 0 Å². The van der Waals surface area contributed by atoms with Crippen molar-refractivity contribution in [2.75, 3.05) is 17.6 Å². The molecule has 9 heteroatoms. The van der Waals surface area contributed by atoms with Gasteiger partial charge in [-0.25, -0.2) is 13.4 Å². The molecule has 0 unspecified atom stereocenters. The van der Waals surface area contributed by atoms with Gasteiger partial charge in [-0.3, -0.25) is 8.71 Å². The first kappa shape index (κ1) is 19.0. The van der Waals surface area contributed by atoms with Gasteiger partial charge in [0.2, 0.25) is 10.0 Å². The van der Waals surface area contributed by atoms with Crippen molar-refractivity contribution < 1.29 is 13.2 Å². The molecule has 0 saturated carbocycles. The lowest BCUT2D eigenvalue weighted by molar-refractivity contribution is 0.308. The lowest BCUT2D eigenvalue weighted by Crippen LogP contribution is -2.24. The Kier molecular flexibility index (Phi) is 5.18. The van der Waals surface area contributed by atoms with E-state index in [0.29, 0.717) is 27.7 Å². The Morgan fingerprint density at radius 2 is 2.08 bits per heavy atom. The second-order valence-corrected chi connectivity index (χ2v) is 9.02. The van der Waals surface area contributed by atoms with Gasteiger partial charge < -0.3 is 4.74 Å². The zero-order valence-electron chi connectivity index (χ0n) is 14.4. The Labute approximate surface area is 165 Å². The maximum Gasteiger partial charge on any atom is 0.231 e. The molecular weight excluding hydrogens is 442 g/mol. The third-order valence-electron chi connectivity index (χ3n) is 3.99. The van der Waals surface area contributed by atoms with Crippen LogP contribution in [-0.4, -0.2) is 31.1 Å². The van der Waals surface area contributed by atoms with E-state index in [1.165, 1.54) is 11.4 Å². The van der Waals surface area contributed by atoms with Crippen molar-refractivity contribution in [1.82, 2.24) is 9.38 Å². The number of hydrogen-bond acceptors (Lipinski definition) is 4. The third-order valence-corrected chi connectivity index (χ3v) is 6.52. The first-order chi connectivity index (χ1) is 12.2. The van der Waals surface area contributed by atoms with Crippen molar-refractivity contribution in [3.05, 3.63) is 57.4 Å². The minimum atomic E-state index is -3.35. The highest BCUT2D eigenvalue weighted by Gasteiger charge is 2.15. The van der Waals surface area contributed by atoms with Crippen molar-refractivity contribution in [2.24, 2.45) is 0 Å². The number of benzene rings is 1. The van der Waals surface area contributed by atoms with Crippen LogP contribution in [0, 0.1) is 6.92 Å². The van der Waals surface area contributed by atoms with Crippen LogP contribution in [-0.2, 0) is 16.6 Å². The summed E-state index contributed by atoms with van der Waals surface area (Å²) in [6, 6.07) is 8.71. The molecule has 0 spiro atoms. The predicted octanol–water partition coefficient (Wildman–Crippen LogP) is 4.03. The average molecular weight is 459 g/mol. The van der Waals surface area contributed by atoms with E-state index in [-0.39, 0.29) is 6.61 Å². The van der Waals surface area contributed by atoms with E-state index in [4.69, 9.17) is 16.3 Å². The summed E-state index contributed by atoms with van der Waals surface area (Å²) in [6.07, 6.45) is 3.04. The Balaban J connectivity index is 1.90. The maximum atomic E-state index is 11.7. The summed E-state index contributed by atoms with van der Waals surface area (Å²) in [7, 11) is -1.86. The summed E-state index contributed by atoms with van der Waals surface area (Å²) in [5.41, 5.74) is 2.75. The van der Waals surface area contributed by atoms with Crippen LogP contribution in [0.2, 0.25) is 5.02 Å². The van der Waals surface area contributed by atoms with E-state index in [2.05, 4.69) is 20.9 Å². The minimum absolute atomic E-state index is 0.188. The highest BCUT2D eigenvalue weighted by molar-refractivity contribution is 9.10. The lowest BCUT2D eigenvalue weighted by Gasteiger charge is -2.18. The van der Waals surface area contributed by atoms with Crippen molar-refractivity contribution in [2.45, 2.75) is 13.5 Å². The number of aryl methyl sites for hydroxylation is 1. The maximum absolute atomic E-state index is 11.7. The number of imidazole rings is 1. The second-order valence-electron chi connectivity index (χ2n) is 5.85. The topological polar surface area (TPSA) is 63.9 Å². The van der Waals surface area contributed by atoms with E-state index in [9.17, 15) is 8.42 Å². The van der Waals surface area contributed by atoms with Crippen LogP contribution in [0.3, 0.4) is 0 Å². The molecule has 0 saturated heterocycles. The lowest BCUT2D eigenvalue weighted by atomic mass is 10.2. The van der Waals surface area contributed by atoms with Gasteiger partial charge in [0.1, 0.15) is 11.2 Å². The molecule has 0 aliphatic carbocycles. The summed E-state index contributed by atoms with van der Waals surface area (Å²) >= 11 is 9.75. The fourth-order valence-electron chi connectivity index (χ4n) is 2.45. The number of hydrogen-bond donors (Lipinski definition) is 0. The van der Waals surface area contributed by atoms with Gasteiger partial charge >= 0.3 is 0 Å². The highest BCUT2D eigenvalue weighted by atomic mass is 79.9. The monoisotopic (exact) mass is 457 g/mol. The van der Waals surface area contributed by atoms with Crippen LogP contribution in [0.15, 0.2) is 41.1 Å². The van der Waals surface area contributed by atoms with Crippen LogP contribution < -0.4 is 9.04 Å². The zero-order chi connectivity index (χ0) is 19.1. The number of fused-ring (bicyclic) bond motifs is 1.